The Morgan fingerprint density at radius 3 is 1.47 bits per heavy atom. The Balaban J connectivity index is 0.000000336. The van der Waals surface area contributed by atoms with Crippen LogP contribution < -0.4 is 5.73 Å². The highest BCUT2D eigenvalue weighted by Gasteiger charge is 2.20. The van der Waals surface area contributed by atoms with Gasteiger partial charge in [-0.3, -0.25) is 0 Å². The molecular formula is C9H14BF4N. The summed E-state index contributed by atoms with van der Waals surface area (Å²) in [6, 6.07) is 4.32. The Hall–Kier alpha value is -1.04. The smallest absolute Gasteiger partial charge is 0.418 e. The Morgan fingerprint density at radius 1 is 0.933 bits per heavy atom. The van der Waals surface area contributed by atoms with Gasteiger partial charge in [0.25, 0.3) is 0 Å². The van der Waals surface area contributed by atoms with Gasteiger partial charge >= 0.3 is 7.25 Å². The van der Waals surface area contributed by atoms with E-state index >= 15 is 0 Å². The molecule has 0 unspecified atom stereocenters. The van der Waals surface area contributed by atoms with Crippen LogP contribution in [-0.2, 0) is 0 Å². The lowest BCUT2D eigenvalue weighted by Gasteiger charge is -2.00. The first-order valence-corrected chi connectivity index (χ1v) is 4.38. The first-order chi connectivity index (χ1) is 6.61. The third-order valence-corrected chi connectivity index (χ3v) is 1.84. The second kappa shape index (κ2) is 5.16. The van der Waals surface area contributed by atoms with Gasteiger partial charge < -0.3 is 23.0 Å². The normalized spacial score (nSPS) is 10.7. The first kappa shape index (κ1) is 14.0. The third-order valence-electron chi connectivity index (χ3n) is 1.84. The number of benzene rings is 1. The summed E-state index contributed by atoms with van der Waals surface area (Å²) in [4.78, 5) is 0. The van der Waals surface area contributed by atoms with Crippen LogP contribution in [0.15, 0.2) is 12.1 Å². The van der Waals surface area contributed by atoms with Crippen molar-refractivity contribution in [1.82, 2.24) is 0 Å². The molecule has 0 aliphatic heterocycles. The molecule has 0 saturated heterocycles. The summed E-state index contributed by atoms with van der Waals surface area (Å²) in [5, 5.41) is 0. The van der Waals surface area contributed by atoms with Crippen LogP contribution in [0.1, 0.15) is 16.7 Å². The average Bonchev–Trinajstić information content (AvgIpc) is 1.96. The van der Waals surface area contributed by atoms with Gasteiger partial charge in [-0.1, -0.05) is 17.7 Å². The molecule has 0 bridgehead atoms. The van der Waals surface area contributed by atoms with Crippen molar-refractivity contribution in [2.24, 2.45) is 0 Å². The fourth-order valence-corrected chi connectivity index (χ4v) is 1.21. The van der Waals surface area contributed by atoms with Gasteiger partial charge in [0.2, 0.25) is 0 Å². The minimum atomic E-state index is -6.00. The number of hydrogen-bond acceptors (Lipinski definition) is 0. The van der Waals surface area contributed by atoms with Crippen molar-refractivity contribution in [3.05, 3.63) is 28.8 Å². The molecule has 1 rings (SSSR count). The summed E-state index contributed by atoms with van der Waals surface area (Å²) >= 11 is 0. The van der Waals surface area contributed by atoms with E-state index in [4.69, 9.17) is 0 Å². The molecule has 1 aromatic rings. The highest BCUT2D eigenvalue weighted by atomic mass is 19.5. The van der Waals surface area contributed by atoms with E-state index in [0.717, 1.165) is 0 Å². The van der Waals surface area contributed by atoms with E-state index in [1.54, 1.807) is 0 Å². The molecule has 0 spiro atoms. The minimum absolute atomic E-state index is 1.17. The van der Waals surface area contributed by atoms with Gasteiger partial charge in [0.1, 0.15) is 5.69 Å². The van der Waals surface area contributed by atoms with E-state index in [2.05, 4.69) is 38.6 Å². The van der Waals surface area contributed by atoms with Gasteiger partial charge in [-0.2, -0.15) is 0 Å². The first-order valence-electron chi connectivity index (χ1n) is 4.38. The Kier molecular flexibility index (Phi) is 4.80. The van der Waals surface area contributed by atoms with Crippen LogP contribution in [0.4, 0.5) is 23.0 Å². The number of halogens is 4. The molecule has 15 heavy (non-hydrogen) atoms. The number of aryl methyl sites for hydroxylation is 3. The molecule has 0 aliphatic carbocycles. The summed E-state index contributed by atoms with van der Waals surface area (Å²) in [5.41, 5.74) is 9.03. The standard InChI is InChI=1S/C9H13N.BF4/c1-6-4-7(2)9(10)8(3)5-6;2-1(3,4)5/h4-5H,10H2,1-3H3;/q;-1/p+1. The lowest BCUT2D eigenvalue weighted by atomic mass is 10.1. The Bertz CT molecular complexity index is 306. The fraction of sp³-hybridized carbons (Fsp3) is 0.333. The maximum Gasteiger partial charge on any atom is 0.673 e. The summed E-state index contributed by atoms with van der Waals surface area (Å²) < 4.78 is 39.0. The molecule has 0 heterocycles. The monoisotopic (exact) mass is 223 g/mol. The highest BCUT2D eigenvalue weighted by Crippen LogP contribution is 2.15. The molecule has 0 fully saturated rings. The molecule has 0 aliphatic rings. The van der Waals surface area contributed by atoms with Crippen LogP contribution in [0.5, 0.6) is 0 Å². The SMILES string of the molecule is Cc1cc(C)c([NH3+])c(C)c1.F[B-](F)(F)F. The van der Waals surface area contributed by atoms with Gasteiger partial charge in [-0.15, -0.1) is 0 Å². The van der Waals surface area contributed by atoms with E-state index in [1.807, 2.05) is 0 Å². The lowest BCUT2D eigenvalue weighted by Crippen LogP contribution is -2.42. The molecule has 0 amide bonds. The zero-order valence-corrected chi connectivity index (χ0v) is 8.95. The van der Waals surface area contributed by atoms with E-state index < -0.39 is 7.25 Å². The highest BCUT2D eigenvalue weighted by molar-refractivity contribution is 6.50. The lowest BCUT2D eigenvalue weighted by molar-refractivity contribution is -0.256. The quantitative estimate of drug-likeness (QED) is 0.517. The van der Waals surface area contributed by atoms with Crippen molar-refractivity contribution < 1.29 is 23.0 Å². The van der Waals surface area contributed by atoms with Gasteiger partial charge in [0.15, 0.2) is 0 Å². The van der Waals surface area contributed by atoms with Crippen molar-refractivity contribution >= 4 is 12.9 Å². The van der Waals surface area contributed by atoms with E-state index in [1.165, 1.54) is 22.4 Å². The number of quaternary nitrogens is 1. The second-order valence-electron chi connectivity index (χ2n) is 3.37. The van der Waals surface area contributed by atoms with Crippen LogP contribution in [0, 0.1) is 20.8 Å². The summed E-state index contributed by atoms with van der Waals surface area (Å²) in [5.74, 6) is 0. The molecule has 1 nitrogen and oxygen atoms in total. The predicted octanol–water partition coefficient (Wildman–Crippen LogP) is 2.79. The Morgan fingerprint density at radius 2 is 1.20 bits per heavy atom. The molecule has 1 aromatic carbocycles. The molecule has 0 radical (unpaired) electrons. The molecule has 0 aromatic heterocycles. The van der Waals surface area contributed by atoms with Crippen molar-refractivity contribution in [1.29, 1.82) is 0 Å². The third kappa shape index (κ3) is 6.96. The van der Waals surface area contributed by atoms with Crippen LogP contribution in [0.2, 0.25) is 0 Å². The number of rotatable bonds is 0. The van der Waals surface area contributed by atoms with Crippen LogP contribution >= 0.6 is 0 Å². The van der Waals surface area contributed by atoms with Crippen LogP contribution in [-0.4, -0.2) is 7.25 Å². The average molecular weight is 223 g/mol. The number of hydrogen-bond donors (Lipinski definition) is 1. The summed E-state index contributed by atoms with van der Waals surface area (Å²) in [6.45, 7) is 6.31. The van der Waals surface area contributed by atoms with Gasteiger partial charge in [-0.25, -0.2) is 0 Å². The van der Waals surface area contributed by atoms with Gasteiger partial charge in [0.05, 0.1) is 0 Å². The molecule has 86 valence electrons. The topological polar surface area (TPSA) is 27.6 Å². The van der Waals surface area contributed by atoms with E-state index in [0.29, 0.717) is 0 Å². The van der Waals surface area contributed by atoms with Gasteiger partial charge in [-0.05, 0) is 20.8 Å². The van der Waals surface area contributed by atoms with Crippen LogP contribution in [0.3, 0.4) is 0 Å². The van der Waals surface area contributed by atoms with E-state index in [-0.39, 0.29) is 0 Å². The minimum Gasteiger partial charge on any atom is -0.418 e. The summed E-state index contributed by atoms with van der Waals surface area (Å²) in [6.07, 6.45) is 0. The molecule has 3 N–H and O–H groups in total. The van der Waals surface area contributed by atoms with Crippen molar-refractivity contribution in [3.8, 4) is 0 Å². The second-order valence-corrected chi connectivity index (χ2v) is 3.37. The largest absolute Gasteiger partial charge is 0.673 e. The van der Waals surface area contributed by atoms with Crippen molar-refractivity contribution in [2.45, 2.75) is 20.8 Å². The van der Waals surface area contributed by atoms with Crippen LogP contribution in [0.25, 0.3) is 0 Å². The van der Waals surface area contributed by atoms with Crippen molar-refractivity contribution in [2.75, 3.05) is 0 Å². The summed E-state index contributed by atoms with van der Waals surface area (Å²) in [7, 11) is -6.00. The maximum atomic E-state index is 9.75. The fourth-order valence-electron chi connectivity index (χ4n) is 1.21. The predicted molar refractivity (Wildman–Crippen MR) is 53.4 cm³/mol. The molecule has 0 saturated carbocycles. The van der Waals surface area contributed by atoms with E-state index in [9.17, 15) is 17.3 Å². The van der Waals surface area contributed by atoms with Gasteiger partial charge in [0, 0.05) is 11.1 Å². The zero-order chi connectivity index (χ0) is 12.2. The molecule has 6 heteroatoms. The molecular weight excluding hydrogens is 209 g/mol. The molecule has 0 atom stereocenters. The van der Waals surface area contributed by atoms with Crippen molar-refractivity contribution in [3.63, 3.8) is 0 Å². The zero-order valence-electron chi connectivity index (χ0n) is 8.95. The maximum absolute atomic E-state index is 9.75. The Labute approximate surface area is 86.4 Å².